The van der Waals surface area contributed by atoms with Gasteiger partial charge in [0.05, 0.1) is 19.0 Å². The Morgan fingerprint density at radius 3 is 2.22 bits per heavy atom. The molecule has 0 spiro atoms. The van der Waals surface area contributed by atoms with Crippen molar-refractivity contribution < 1.29 is 9.30 Å². The predicted molar refractivity (Wildman–Crippen MR) is 138 cm³/mol. The van der Waals surface area contributed by atoms with Crippen molar-refractivity contribution >= 4 is 45.6 Å². The molecule has 0 unspecified atom stereocenters. The summed E-state index contributed by atoms with van der Waals surface area (Å²) in [6.45, 7) is 11.6. The Morgan fingerprint density at radius 1 is 0.781 bits per heavy atom. The van der Waals surface area contributed by atoms with Gasteiger partial charge < -0.3 is 4.74 Å². The number of nitrogens with zero attached hydrogens (tertiary/aromatic N) is 1. The lowest BCUT2D eigenvalue weighted by molar-refractivity contribution is -0.659. The Bertz CT molecular complexity index is 1610. The Morgan fingerprint density at radius 2 is 1.50 bits per heavy atom. The Kier molecular flexibility index (Phi) is 3.92. The van der Waals surface area contributed by atoms with Gasteiger partial charge in [0.15, 0.2) is 6.20 Å². The van der Waals surface area contributed by atoms with Gasteiger partial charge in [-0.3, -0.25) is 0 Å². The molecule has 32 heavy (non-hydrogen) atoms. The molecule has 2 nitrogen and oxygen atoms in total. The van der Waals surface area contributed by atoms with Crippen molar-refractivity contribution in [1.29, 1.82) is 0 Å². The van der Waals surface area contributed by atoms with E-state index >= 15 is 0 Å². The van der Waals surface area contributed by atoms with Crippen LogP contribution in [0.15, 0.2) is 60.8 Å². The van der Waals surface area contributed by atoms with Crippen LogP contribution in [-0.4, -0.2) is 8.07 Å². The monoisotopic (exact) mass is 434 g/mol. The van der Waals surface area contributed by atoms with E-state index in [4.69, 9.17) is 4.74 Å². The molecule has 5 aromatic rings. The molecule has 0 radical (unpaired) electrons. The minimum Gasteiger partial charge on any atom is -0.455 e. The fraction of sp³-hybridized carbons (Fsp3) is 0.207. The number of fused-ring (bicyclic) bond motifs is 5. The van der Waals surface area contributed by atoms with E-state index in [0.29, 0.717) is 0 Å². The molecule has 6 rings (SSSR count). The second-order valence-corrected chi connectivity index (χ2v) is 15.3. The van der Waals surface area contributed by atoms with Gasteiger partial charge in [0.1, 0.15) is 18.5 Å². The lowest BCUT2D eigenvalue weighted by Gasteiger charge is -2.25. The summed E-state index contributed by atoms with van der Waals surface area (Å²) in [5.41, 5.74) is 4.96. The molecule has 4 aromatic carbocycles. The first-order chi connectivity index (χ1) is 15.3. The van der Waals surface area contributed by atoms with Crippen molar-refractivity contribution in [2.24, 2.45) is 7.05 Å². The predicted octanol–water partition coefficient (Wildman–Crippen LogP) is 6.91. The zero-order valence-corrected chi connectivity index (χ0v) is 20.6. The fourth-order valence-corrected chi connectivity index (χ4v) is 6.56. The van der Waals surface area contributed by atoms with E-state index in [1.807, 2.05) is 0 Å². The molecule has 0 N–H and O–H groups in total. The van der Waals surface area contributed by atoms with Gasteiger partial charge in [-0.15, -0.1) is 0 Å². The summed E-state index contributed by atoms with van der Waals surface area (Å²) < 4.78 is 9.02. The Labute approximate surface area is 190 Å². The topological polar surface area (TPSA) is 13.1 Å². The summed E-state index contributed by atoms with van der Waals surface area (Å²) in [6, 6.07) is 20.2. The van der Waals surface area contributed by atoms with Crippen LogP contribution in [0.2, 0.25) is 19.6 Å². The molecular formula is C29H28NOSi+. The normalized spacial score (nSPS) is 12.9. The minimum atomic E-state index is -1.40. The molecule has 0 fully saturated rings. The van der Waals surface area contributed by atoms with E-state index in [2.05, 4.69) is 106 Å². The summed E-state index contributed by atoms with van der Waals surface area (Å²) in [4.78, 5) is 0. The second kappa shape index (κ2) is 6.43. The van der Waals surface area contributed by atoms with E-state index in [9.17, 15) is 0 Å². The Hall–Kier alpha value is -3.17. The molecule has 1 aliphatic rings. The third kappa shape index (κ3) is 2.55. The van der Waals surface area contributed by atoms with Gasteiger partial charge in [0.25, 0.3) is 0 Å². The summed E-state index contributed by atoms with van der Waals surface area (Å²) in [6.07, 6.45) is 2.20. The van der Waals surface area contributed by atoms with Crippen LogP contribution in [0.25, 0.3) is 43.6 Å². The quantitative estimate of drug-likeness (QED) is 0.156. The summed E-state index contributed by atoms with van der Waals surface area (Å²) in [7, 11) is 0.748. The van der Waals surface area contributed by atoms with Crippen molar-refractivity contribution in [2.45, 2.75) is 33.5 Å². The molecule has 0 atom stereocenters. The van der Waals surface area contributed by atoms with Gasteiger partial charge in [0, 0.05) is 17.0 Å². The average molecular weight is 435 g/mol. The lowest BCUT2D eigenvalue weighted by Crippen LogP contribution is -2.37. The zero-order chi connectivity index (χ0) is 22.4. The van der Waals surface area contributed by atoms with Crippen LogP contribution < -0.4 is 14.5 Å². The lowest BCUT2D eigenvalue weighted by atomic mass is 9.88. The molecule has 2 heterocycles. The highest BCUT2D eigenvalue weighted by Gasteiger charge is 2.32. The molecule has 1 aliphatic heterocycles. The molecule has 158 valence electrons. The van der Waals surface area contributed by atoms with Crippen LogP contribution in [0.1, 0.15) is 11.1 Å². The van der Waals surface area contributed by atoms with Gasteiger partial charge in [0.2, 0.25) is 5.69 Å². The maximum atomic E-state index is 6.76. The number of rotatable bonds is 1. The van der Waals surface area contributed by atoms with Crippen LogP contribution >= 0.6 is 0 Å². The van der Waals surface area contributed by atoms with Crippen molar-refractivity contribution in [3.05, 3.63) is 71.9 Å². The Balaban J connectivity index is 1.78. The van der Waals surface area contributed by atoms with E-state index in [-0.39, 0.29) is 0 Å². The number of aryl methyl sites for hydroxylation is 3. The first-order valence-electron chi connectivity index (χ1n) is 11.4. The molecular weight excluding hydrogens is 406 g/mol. The average Bonchev–Trinajstić information content (AvgIpc) is 2.77. The fourth-order valence-electron chi connectivity index (χ4n) is 5.39. The van der Waals surface area contributed by atoms with Gasteiger partial charge in [-0.25, -0.2) is 4.57 Å². The number of benzene rings is 4. The molecule has 3 heteroatoms. The number of hydrogen-bond acceptors (Lipinski definition) is 1. The van der Waals surface area contributed by atoms with Crippen LogP contribution in [0.3, 0.4) is 0 Å². The van der Waals surface area contributed by atoms with E-state index in [1.165, 1.54) is 59.9 Å². The van der Waals surface area contributed by atoms with Crippen LogP contribution in [0, 0.1) is 13.8 Å². The van der Waals surface area contributed by atoms with Gasteiger partial charge >= 0.3 is 0 Å². The van der Waals surface area contributed by atoms with Crippen molar-refractivity contribution in [1.82, 2.24) is 0 Å². The smallest absolute Gasteiger partial charge is 0.228 e. The van der Waals surface area contributed by atoms with Crippen molar-refractivity contribution in [3.8, 4) is 22.8 Å². The van der Waals surface area contributed by atoms with Gasteiger partial charge in [-0.1, -0.05) is 67.3 Å². The minimum absolute atomic E-state index is 0.969. The molecule has 1 aromatic heterocycles. The largest absolute Gasteiger partial charge is 0.455 e. The third-order valence-corrected chi connectivity index (χ3v) is 9.23. The summed E-state index contributed by atoms with van der Waals surface area (Å²) in [5.74, 6) is 1.97. The summed E-state index contributed by atoms with van der Waals surface area (Å²) in [5, 5.41) is 9.10. The standard InChI is InChI=1S/C29H28NOSi/c1-17-21-9-7-8-10-22(21)18(2)29-26(17)28-27-24(13-14-30(28)3)23-12-11-20(32(4,5)6)15-19(23)16-25(27)31-29/h7-16H,1-6H3/q+1. The number of hydrogen-bond donors (Lipinski definition) is 0. The molecule has 0 saturated heterocycles. The van der Waals surface area contributed by atoms with E-state index in [0.717, 1.165) is 11.5 Å². The van der Waals surface area contributed by atoms with Crippen LogP contribution in [0.5, 0.6) is 11.5 Å². The highest BCUT2D eigenvalue weighted by atomic mass is 28.3. The maximum Gasteiger partial charge on any atom is 0.228 e. The maximum absolute atomic E-state index is 6.76. The summed E-state index contributed by atoms with van der Waals surface area (Å²) >= 11 is 0. The van der Waals surface area contributed by atoms with Crippen LogP contribution in [-0.2, 0) is 7.05 Å². The van der Waals surface area contributed by atoms with E-state index in [1.54, 1.807) is 0 Å². The highest BCUT2D eigenvalue weighted by Crippen LogP contribution is 2.51. The molecule has 0 amide bonds. The number of pyridine rings is 1. The first kappa shape index (κ1) is 19.5. The molecule has 0 bridgehead atoms. The SMILES string of the molecule is Cc1c2c(c(C)c3ccccc13)-c1c3c(cc4cc([Si](C)(C)C)ccc4c3cc[n+]1C)O2. The third-order valence-electron chi connectivity index (χ3n) is 7.19. The first-order valence-corrected chi connectivity index (χ1v) is 14.9. The number of aromatic nitrogens is 1. The highest BCUT2D eigenvalue weighted by molar-refractivity contribution is 6.88. The van der Waals surface area contributed by atoms with Gasteiger partial charge in [-0.2, -0.15) is 0 Å². The molecule has 0 saturated carbocycles. The van der Waals surface area contributed by atoms with Crippen LogP contribution in [0.4, 0.5) is 0 Å². The van der Waals surface area contributed by atoms with Crippen molar-refractivity contribution in [3.63, 3.8) is 0 Å². The van der Waals surface area contributed by atoms with E-state index < -0.39 is 8.07 Å². The second-order valence-electron chi connectivity index (χ2n) is 10.2. The number of ether oxygens (including phenoxy) is 1. The zero-order valence-electron chi connectivity index (χ0n) is 19.6. The van der Waals surface area contributed by atoms with Gasteiger partial charge in [-0.05, 0) is 47.0 Å². The molecule has 0 aliphatic carbocycles. The van der Waals surface area contributed by atoms with Crippen molar-refractivity contribution in [2.75, 3.05) is 0 Å².